The number of pyridine rings is 1. The minimum absolute atomic E-state index is 0.00542. The summed E-state index contributed by atoms with van der Waals surface area (Å²) in [6.07, 6.45) is 1.75. The number of halogens is 1. The second kappa shape index (κ2) is 3.76. The maximum Gasteiger partial charge on any atom is 0.252 e. The van der Waals surface area contributed by atoms with E-state index in [2.05, 4.69) is 21.2 Å². The topological polar surface area (TPSA) is 34.0 Å². The summed E-state index contributed by atoms with van der Waals surface area (Å²) in [6, 6.07) is 1.58. The molecule has 4 heteroatoms. The molecule has 0 unspecified atom stereocenters. The third-order valence-electron chi connectivity index (χ3n) is 1.55. The molecule has 1 heterocycles. The quantitative estimate of drug-likeness (QED) is 0.838. The Kier molecular flexibility index (Phi) is 2.92. The summed E-state index contributed by atoms with van der Waals surface area (Å²) < 4.78 is 2.44. The predicted octanol–water partition coefficient (Wildman–Crippen LogP) is 1.58. The van der Waals surface area contributed by atoms with Gasteiger partial charge in [-0.05, 0) is 22.9 Å². The molecule has 1 N–H and O–H groups in total. The minimum Gasteiger partial charge on any atom is -0.384 e. The number of anilines is 1. The average Bonchev–Trinajstić information content (AvgIpc) is 2.01. The zero-order valence-corrected chi connectivity index (χ0v) is 8.68. The van der Waals surface area contributed by atoms with E-state index in [1.807, 2.05) is 6.92 Å². The number of aryl methyl sites for hydroxylation is 1. The summed E-state index contributed by atoms with van der Waals surface area (Å²) in [5.41, 5.74) is 0.842. The zero-order valence-electron chi connectivity index (χ0n) is 7.10. The molecule has 0 spiro atoms. The summed E-state index contributed by atoms with van der Waals surface area (Å²) in [7, 11) is 1.73. The Hall–Kier alpha value is -0.770. The van der Waals surface area contributed by atoms with E-state index in [1.165, 1.54) is 4.57 Å². The molecular weight excluding hydrogens is 220 g/mol. The van der Waals surface area contributed by atoms with Gasteiger partial charge < -0.3 is 9.88 Å². The lowest BCUT2D eigenvalue weighted by Gasteiger charge is -2.06. The molecule has 0 radical (unpaired) electrons. The van der Waals surface area contributed by atoms with Gasteiger partial charge >= 0.3 is 0 Å². The van der Waals surface area contributed by atoms with E-state index < -0.39 is 0 Å². The van der Waals surface area contributed by atoms with Gasteiger partial charge in [0.05, 0.1) is 10.2 Å². The van der Waals surface area contributed by atoms with Crippen molar-refractivity contribution in [3.63, 3.8) is 0 Å². The van der Waals surface area contributed by atoms with Crippen LogP contribution in [0.25, 0.3) is 0 Å². The maximum atomic E-state index is 11.2. The van der Waals surface area contributed by atoms with Gasteiger partial charge in [-0.25, -0.2) is 0 Å². The van der Waals surface area contributed by atoms with Crippen LogP contribution >= 0.6 is 15.9 Å². The van der Waals surface area contributed by atoms with Gasteiger partial charge in [-0.15, -0.1) is 0 Å². The molecule has 0 aliphatic heterocycles. The first-order valence-corrected chi connectivity index (χ1v) is 4.54. The van der Waals surface area contributed by atoms with Crippen LogP contribution in [0.1, 0.15) is 6.92 Å². The standard InChI is InChI=1S/C8H11BrN2O/c1-3-10-7-4-8(12)11(2)5-6(7)9/h4-5,10H,3H2,1-2H3. The third kappa shape index (κ3) is 1.88. The van der Waals surface area contributed by atoms with Crippen molar-refractivity contribution in [1.82, 2.24) is 4.57 Å². The summed E-state index contributed by atoms with van der Waals surface area (Å²) in [4.78, 5) is 11.2. The van der Waals surface area contributed by atoms with Crippen molar-refractivity contribution in [3.8, 4) is 0 Å². The number of nitrogens with zero attached hydrogens (tertiary/aromatic N) is 1. The maximum absolute atomic E-state index is 11.2. The van der Waals surface area contributed by atoms with E-state index >= 15 is 0 Å². The first kappa shape index (κ1) is 9.32. The van der Waals surface area contributed by atoms with Gasteiger partial charge in [0.15, 0.2) is 0 Å². The van der Waals surface area contributed by atoms with Crippen molar-refractivity contribution in [2.75, 3.05) is 11.9 Å². The Balaban J connectivity index is 3.14. The first-order valence-electron chi connectivity index (χ1n) is 3.75. The highest BCUT2D eigenvalue weighted by Crippen LogP contribution is 2.18. The van der Waals surface area contributed by atoms with E-state index in [1.54, 1.807) is 19.3 Å². The molecular formula is C8H11BrN2O. The molecule has 0 saturated heterocycles. The van der Waals surface area contributed by atoms with Gasteiger partial charge in [-0.1, -0.05) is 0 Å². The van der Waals surface area contributed by atoms with Crippen LogP contribution in [-0.4, -0.2) is 11.1 Å². The second-order valence-corrected chi connectivity index (χ2v) is 3.37. The van der Waals surface area contributed by atoms with Crippen LogP contribution in [0.5, 0.6) is 0 Å². The smallest absolute Gasteiger partial charge is 0.252 e. The Bertz CT molecular complexity index is 332. The monoisotopic (exact) mass is 230 g/mol. The van der Waals surface area contributed by atoms with E-state index in [9.17, 15) is 4.79 Å². The first-order chi connectivity index (χ1) is 5.65. The van der Waals surface area contributed by atoms with Crippen LogP contribution in [0.4, 0.5) is 5.69 Å². The van der Waals surface area contributed by atoms with Gasteiger partial charge in [-0.2, -0.15) is 0 Å². The lowest BCUT2D eigenvalue weighted by molar-refractivity contribution is 0.855. The van der Waals surface area contributed by atoms with E-state index in [0.29, 0.717) is 0 Å². The molecule has 0 saturated carbocycles. The van der Waals surface area contributed by atoms with E-state index in [4.69, 9.17) is 0 Å². The fraction of sp³-hybridized carbons (Fsp3) is 0.375. The molecule has 0 aromatic carbocycles. The SMILES string of the molecule is CCNc1cc(=O)n(C)cc1Br. The highest BCUT2D eigenvalue weighted by atomic mass is 79.9. The van der Waals surface area contributed by atoms with Crippen LogP contribution < -0.4 is 10.9 Å². The molecule has 0 atom stereocenters. The van der Waals surface area contributed by atoms with Gasteiger partial charge in [0.1, 0.15) is 0 Å². The summed E-state index contributed by atoms with van der Waals surface area (Å²) in [6.45, 7) is 2.80. The minimum atomic E-state index is -0.00542. The number of hydrogen-bond donors (Lipinski definition) is 1. The fourth-order valence-corrected chi connectivity index (χ4v) is 1.49. The van der Waals surface area contributed by atoms with Crippen LogP contribution in [0, 0.1) is 0 Å². The van der Waals surface area contributed by atoms with Crippen molar-refractivity contribution in [2.24, 2.45) is 7.05 Å². The number of aromatic nitrogens is 1. The molecule has 12 heavy (non-hydrogen) atoms. The Morgan fingerprint density at radius 1 is 1.67 bits per heavy atom. The summed E-state index contributed by atoms with van der Waals surface area (Å²) in [5.74, 6) is 0. The number of rotatable bonds is 2. The van der Waals surface area contributed by atoms with Crippen LogP contribution in [-0.2, 0) is 7.05 Å². The van der Waals surface area contributed by atoms with Crippen molar-refractivity contribution >= 4 is 21.6 Å². The van der Waals surface area contributed by atoms with Crippen LogP contribution in [0.3, 0.4) is 0 Å². The molecule has 0 aliphatic carbocycles. The molecule has 0 aliphatic rings. The van der Waals surface area contributed by atoms with E-state index in [-0.39, 0.29) is 5.56 Å². The van der Waals surface area contributed by atoms with Crippen LogP contribution in [0.15, 0.2) is 21.5 Å². The van der Waals surface area contributed by atoms with Gasteiger partial charge in [0, 0.05) is 25.9 Å². The van der Waals surface area contributed by atoms with Gasteiger partial charge in [0.25, 0.3) is 5.56 Å². The van der Waals surface area contributed by atoms with Crippen molar-refractivity contribution in [1.29, 1.82) is 0 Å². The molecule has 0 fully saturated rings. The molecule has 1 aromatic heterocycles. The highest BCUT2D eigenvalue weighted by molar-refractivity contribution is 9.10. The lowest BCUT2D eigenvalue weighted by atomic mass is 10.4. The number of nitrogens with one attached hydrogen (secondary N) is 1. The number of hydrogen-bond acceptors (Lipinski definition) is 2. The molecule has 66 valence electrons. The summed E-state index contributed by atoms with van der Waals surface area (Å²) >= 11 is 3.36. The molecule has 3 nitrogen and oxygen atoms in total. The summed E-state index contributed by atoms with van der Waals surface area (Å²) in [5, 5.41) is 3.08. The fourth-order valence-electron chi connectivity index (χ4n) is 0.923. The highest BCUT2D eigenvalue weighted by Gasteiger charge is 2.00. The molecule has 0 bridgehead atoms. The van der Waals surface area contributed by atoms with Crippen LogP contribution in [0.2, 0.25) is 0 Å². The zero-order chi connectivity index (χ0) is 9.14. The van der Waals surface area contributed by atoms with Gasteiger partial charge in [0.2, 0.25) is 0 Å². The second-order valence-electron chi connectivity index (χ2n) is 2.51. The predicted molar refractivity (Wildman–Crippen MR) is 53.5 cm³/mol. The Morgan fingerprint density at radius 3 is 2.92 bits per heavy atom. The van der Waals surface area contributed by atoms with E-state index in [0.717, 1.165) is 16.7 Å². The lowest BCUT2D eigenvalue weighted by Crippen LogP contribution is -2.16. The average molecular weight is 231 g/mol. The molecule has 1 aromatic rings. The Labute approximate surface area is 79.5 Å². The van der Waals surface area contributed by atoms with Crippen molar-refractivity contribution in [2.45, 2.75) is 6.92 Å². The molecule has 0 amide bonds. The normalized spacial score (nSPS) is 9.92. The van der Waals surface area contributed by atoms with Crippen molar-refractivity contribution in [3.05, 3.63) is 27.1 Å². The third-order valence-corrected chi connectivity index (χ3v) is 2.18. The Morgan fingerprint density at radius 2 is 2.33 bits per heavy atom. The van der Waals surface area contributed by atoms with Gasteiger partial charge in [-0.3, -0.25) is 4.79 Å². The van der Waals surface area contributed by atoms with Crippen molar-refractivity contribution < 1.29 is 0 Å². The molecule has 1 rings (SSSR count). The largest absolute Gasteiger partial charge is 0.384 e.